The first-order chi connectivity index (χ1) is 15.4. The number of aromatic nitrogens is 4. The highest BCUT2D eigenvalue weighted by molar-refractivity contribution is 5.96. The number of nitrogens with zero attached hydrogens (tertiary/aromatic N) is 2. The van der Waals surface area contributed by atoms with Crippen LogP contribution in [0.1, 0.15) is 28.9 Å². The molecule has 4 aromatic rings. The van der Waals surface area contributed by atoms with Crippen molar-refractivity contribution in [3.8, 4) is 11.4 Å². The molecule has 0 saturated heterocycles. The zero-order valence-electron chi connectivity index (χ0n) is 16.9. The summed E-state index contributed by atoms with van der Waals surface area (Å²) >= 11 is 0. The van der Waals surface area contributed by atoms with Crippen LogP contribution in [0, 0.1) is 0 Å². The molecule has 5 heteroatoms. The van der Waals surface area contributed by atoms with Crippen molar-refractivity contribution in [3.63, 3.8) is 0 Å². The number of allylic oxidation sites excluding steroid dienone is 2. The largest absolute Gasteiger partial charge is 0.353 e. The predicted octanol–water partition coefficient (Wildman–Crippen LogP) is 4.94. The lowest BCUT2D eigenvalue weighted by atomic mass is 9.98. The maximum absolute atomic E-state index is 4.65. The van der Waals surface area contributed by atoms with Crippen molar-refractivity contribution < 1.29 is 0 Å². The van der Waals surface area contributed by atoms with Crippen molar-refractivity contribution in [1.29, 1.82) is 0 Å². The number of nitrogens with one attached hydrogen (secondary N) is 3. The summed E-state index contributed by atoms with van der Waals surface area (Å²) in [4.78, 5) is 8.10. The van der Waals surface area contributed by atoms with Gasteiger partial charge in [-0.1, -0.05) is 18.2 Å². The van der Waals surface area contributed by atoms with Gasteiger partial charge in [0.25, 0.3) is 0 Å². The first kappa shape index (κ1) is 17.9. The molecule has 4 heterocycles. The maximum Gasteiger partial charge on any atom is 0.116 e. The average Bonchev–Trinajstić information content (AvgIpc) is 3.39. The number of hydrogen-bond donors (Lipinski definition) is 3. The summed E-state index contributed by atoms with van der Waals surface area (Å²) in [7, 11) is 0. The molecule has 1 aliphatic carbocycles. The number of rotatable bonds is 3. The van der Waals surface area contributed by atoms with E-state index in [-0.39, 0.29) is 0 Å². The summed E-state index contributed by atoms with van der Waals surface area (Å²) in [5.74, 6) is 0. The Labute approximate surface area is 179 Å². The fourth-order valence-corrected chi connectivity index (χ4v) is 4.34. The third-order valence-electron chi connectivity index (χ3n) is 5.91. The van der Waals surface area contributed by atoms with E-state index in [4.69, 9.17) is 0 Å². The molecule has 150 valence electrons. The second kappa shape index (κ2) is 7.40. The molecule has 3 aromatic heterocycles. The summed E-state index contributed by atoms with van der Waals surface area (Å²) < 4.78 is 0. The van der Waals surface area contributed by atoms with Gasteiger partial charge in [-0.2, -0.15) is 5.10 Å². The lowest BCUT2D eigenvalue weighted by molar-refractivity contribution is 0.739. The number of hydrogen-bond acceptors (Lipinski definition) is 3. The Hall–Kier alpha value is -3.92. The van der Waals surface area contributed by atoms with Crippen molar-refractivity contribution in [2.75, 3.05) is 13.1 Å². The molecule has 3 N–H and O–H groups in total. The number of benzene rings is 1. The minimum Gasteiger partial charge on any atom is -0.353 e. The van der Waals surface area contributed by atoms with Crippen LogP contribution in [-0.4, -0.2) is 33.3 Å². The zero-order valence-corrected chi connectivity index (χ0v) is 16.9. The molecule has 5 nitrogen and oxygen atoms in total. The quantitative estimate of drug-likeness (QED) is 0.424. The van der Waals surface area contributed by atoms with Gasteiger partial charge in [0.1, 0.15) is 5.69 Å². The van der Waals surface area contributed by atoms with Crippen LogP contribution in [0.4, 0.5) is 0 Å². The minimum absolute atomic E-state index is 0.928. The second-order valence-corrected chi connectivity index (χ2v) is 7.80. The van der Waals surface area contributed by atoms with Gasteiger partial charge in [-0.25, -0.2) is 0 Å². The summed E-state index contributed by atoms with van der Waals surface area (Å²) in [6.45, 7) is 1.95. The predicted molar refractivity (Wildman–Crippen MR) is 125 cm³/mol. The van der Waals surface area contributed by atoms with Gasteiger partial charge in [0.2, 0.25) is 0 Å². The smallest absolute Gasteiger partial charge is 0.116 e. The molecule has 0 unspecified atom stereocenters. The average molecular weight is 403 g/mol. The molecule has 0 fully saturated rings. The molecule has 1 aromatic carbocycles. The van der Waals surface area contributed by atoms with Crippen LogP contribution in [0.2, 0.25) is 0 Å². The molecule has 0 saturated carbocycles. The van der Waals surface area contributed by atoms with Crippen molar-refractivity contribution in [1.82, 2.24) is 25.5 Å². The van der Waals surface area contributed by atoms with E-state index < -0.39 is 0 Å². The normalized spacial score (nSPS) is 15.5. The van der Waals surface area contributed by atoms with Gasteiger partial charge in [0.15, 0.2) is 0 Å². The van der Waals surface area contributed by atoms with Gasteiger partial charge >= 0.3 is 0 Å². The fraction of sp³-hybridized carbons (Fsp3) is 0.115. The van der Waals surface area contributed by atoms with Crippen LogP contribution in [-0.2, 0) is 0 Å². The number of aromatic amines is 2. The Morgan fingerprint density at radius 1 is 1.06 bits per heavy atom. The van der Waals surface area contributed by atoms with E-state index in [9.17, 15) is 0 Å². The molecular formula is C26H21N5. The highest BCUT2D eigenvalue weighted by Crippen LogP contribution is 2.34. The number of fused-ring (bicyclic) bond motifs is 2. The van der Waals surface area contributed by atoms with Crippen LogP contribution >= 0.6 is 0 Å². The molecule has 6 rings (SSSR count). The molecular weight excluding hydrogens is 382 g/mol. The lowest BCUT2D eigenvalue weighted by Crippen LogP contribution is -2.19. The Kier molecular flexibility index (Phi) is 4.27. The lowest BCUT2D eigenvalue weighted by Gasteiger charge is -2.14. The monoisotopic (exact) mass is 403 g/mol. The molecule has 0 amide bonds. The van der Waals surface area contributed by atoms with E-state index in [0.717, 1.165) is 64.3 Å². The van der Waals surface area contributed by atoms with Gasteiger partial charge in [-0.3, -0.25) is 10.1 Å². The maximum atomic E-state index is 4.65. The highest BCUT2D eigenvalue weighted by atomic mass is 15.1. The topological polar surface area (TPSA) is 69.4 Å². The third-order valence-corrected chi connectivity index (χ3v) is 5.91. The molecule has 2 aliphatic rings. The summed E-state index contributed by atoms with van der Waals surface area (Å²) in [5, 5.41) is 12.3. The molecule has 1 aliphatic heterocycles. The SMILES string of the molecule is C1=CC=C(c2ccccn2)c2cc(-c3n[nH]c4ccc(C5=CCNCC5)cc34)[nH]c2C=1. The molecule has 0 spiro atoms. The Morgan fingerprint density at radius 3 is 2.94 bits per heavy atom. The van der Waals surface area contributed by atoms with Gasteiger partial charge in [-0.05, 0) is 66.6 Å². The molecule has 31 heavy (non-hydrogen) atoms. The van der Waals surface area contributed by atoms with E-state index in [0.29, 0.717) is 0 Å². The summed E-state index contributed by atoms with van der Waals surface area (Å²) in [6.07, 6.45) is 11.1. The van der Waals surface area contributed by atoms with Crippen molar-refractivity contribution >= 4 is 28.1 Å². The van der Waals surface area contributed by atoms with Gasteiger partial charge < -0.3 is 10.3 Å². The molecule has 0 bridgehead atoms. The minimum atomic E-state index is 0.928. The van der Waals surface area contributed by atoms with Crippen LogP contribution in [0.15, 0.2) is 72.6 Å². The summed E-state index contributed by atoms with van der Waals surface area (Å²) in [5.41, 5.74) is 12.9. The Morgan fingerprint density at radius 2 is 2.06 bits per heavy atom. The Balaban J connectivity index is 1.47. The fourth-order valence-electron chi connectivity index (χ4n) is 4.34. The van der Waals surface area contributed by atoms with Crippen molar-refractivity contribution in [2.24, 2.45) is 0 Å². The van der Waals surface area contributed by atoms with Crippen molar-refractivity contribution in [3.05, 3.63) is 95.1 Å². The van der Waals surface area contributed by atoms with Gasteiger partial charge in [-0.15, -0.1) is 5.73 Å². The van der Waals surface area contributed by atoms with E-state index in [2.05, 4.69) is 67.6 Å². The second-order valence-electron chi connectivity index (χ2n) is 7.80. The van der Waals surface area contributed by atoms with Crippen molar-refractivity contribution in [2.45, 2.75) is 6.42 Å². The van der Waals surface area contributed by atoms with Crippen LogP contribution in [0.5, 0.6) is 0 Å². The van der Waals surface area contributed by atoms with Crippen LogP contribution in [0.25, 0.3) is 39.5 Å². The molecule has 0 atom stereocenters. The van der Waals surface area contributed by atoms with E-state index in [1.807, 2.05) is 36.5 Å². The van der Waals surface area contributed by atoms with Crippen LogP contribution in [0.3, 0.4) is 0 Å². The van der Waals surface area contributed by atoms with E-state index in [1.54, 1.807) is 0 Å². The standard InChI is InChI=1S/C26H21N5/c1-2-7-23-20(19(5-1)22-6-3-4-12-28-22)16-25(29-23)26-21-15-18(8-9-24(21)30-31-26)17-10-13-27-14-11-17/h1,3-10,12,15-16,27,29H,11,13-14H2,(H,30,31). The summed E-state index contributed by atoms with van der Waals surface area (Å²) in [6, 6.07) is 14.7. The number of pyridine rings is 1. The highest BCUT2D eigenvalue weighted by Gasteiger charge is 2.18. The first-order valence-electron chi connectivity index (χ1n) is 10.5. The van der Waals surface area contributed by atoms with Gasteiger partial charge in [0, 0.05) is 35.3 Å². The van der Waals surface area contributed by atoms with E-state index >= 15 is 0 Å². The van der Waals surface area contributed by atoms with Crippen LogP contribution < -0.4 is 5.32 Å². The first-order valence-corrected chi connectivity index (χ1v) is 10.5. The third kappa shape index (κ3) is 3.17. The van der Waals surface area contributed by atoms with Gasteiger partial charge in [0.05, 0.1) is 22.6 Å². The Bertz CT molecular complexity index is 1410. The number of H-pyrrole nitrogens is 2. The molecule has 0 radical (unpaired) electrons. The zero-order chi connectivity index (χ0) is 20.6. The van der Waals surface area contributed by atoms with E-state index in [1.165, 1.54) is 11.1 Å².